The summed E-state index contributed by atoms with van der Waals surface area (Å²) >= 11 is 0. The number of anilines is 1. The van der Waals surface area contributed by atoms with Crippen LogP contribution in [0.15, 0.2) is 29.5 Å². The number of nitrogens with two attached hydrogens (primary N) is 1. The van der Waals surface area contributed by atoms with Crippen molar-refractivity contribution >= 4 is 11.8 Å². The Labute approximate surface area is 92.3 Å². The molecule has 1 aliphatic rings. The van der Waals surface area contributed by atoms with E-state index < -0.39 is 0 Å². The third-order valence-corrected chi connectivity index (χ3v) is 2.29. The molecule has 0 spiro atoms. The molecule has 2 atom stereocenters. The van der Waals surface area contributed by atoms with E-state index in [0.717, 1.165) is 0 Å². The van der Waals surface area contributed by atoms with Gasteiger partial charge in [-0.05, 0) is 0 Å². The number of urea groups is 1. The molecule has 1 aromatic heterocycles. The highest BCUT2D eigenvalue weighted by Gasteiger charge is 2.33. The van der Waals surface area contributed by atoms with Crippen LogP contribution in [0.3, 0.4) is 0 Å². The van der Waals surface area contributed by atoms with Gasteiger partial charge in [0.2, 0.25) is 0 Å². The van der Waals surface area contributed by atoms with Gasteiger partial charge in [-0.3, -0.25) is 10.2 Å². The molecule has 86 valence electrons. The fourth-order valence-electron chi connectivity index (χ4n) is 1.52. The summed E-state index contributed by atoms with van der Waals surface area (Å²) < 4.78 is 4.70. The van der Waals surface area contributed by atoms with Crippen molar-refractivity contribution in [2.45, 2.75) is 12.3 Å². The molecular weight excluding hydrogens is 210 g/mol. The molecule has 1 aliphatic heterocycles. The van der Waals surface area contributed by atoms with E-state index in [1.54, 1.807) is 12.1 Å². The predicted molar refractivity (Wildman–Crippen MR) is 57.5 cm³/mol. The molecule has 1 saturated heterocycles. The minimum Gasteiger partial charge on any atom is -0.363 e. The number of carbonyl (C=O) groups is 1. The van der Waals surface area contributed by atoms with E-state index in [2.05, 4.69) is 22.4 Å². The van der Waals surface area contributed by atoms with Crippen LogP contribution in [0.25, 0.3) is 0 Å². The Bertz CT molecular complexity index is 377. The van der Waals surface area contributed by atoms with Crippen molar-refractivity contribution in [2.75, 3.05) is 11.4 Å². The number of carbonyl (C=O) groups excluding carboxylic acids is 1. The molecule has 7 heteroatoms. The third-order valence-electron chi connectivity index (χ3n) is 2.29. The first kappa shape index (κ1) is 10.7. The normalized spacial score (nSPS) is 21.9. The van der Waals surface area contributed by atoms with Crippen molar-refractivity contribution in [3.05, 3.63) is 25.0 Å². The maximum atomic E-state index is 11.6. The summed E-state index contributed by atoms with van der Waals surface area (Å²) in [5.41, 5.74) is 5.68. The highest BCUT2D eigenvalue weighted by Crippen LogP contribution is 2.16. The summed E-state index contributed by atoms with van der Waals surface area (Å²) in [4.78, 5) is 13.0. The average Bonchev–Trinajstić information content (AvgIpc) is 2.88. The first-order valence-electron chi connectivity index (χ1n) is 4.84. The SMILES string of the molecule is C=CC(N)NC1CNC(=O)N1c1ccon1. The molecule has 1 aromatic rings. The van der Waals surface area contributed by atoms with E-state index in [1.807, 2.05) is 0 Å². The van der Waals surface area contributed by atoms with E-state index >= 15 is 0 Å². The van der Waals surface area contributed by atoms with Crippen LogP contribution in [-0.2, 0) is 0 Å². The lowest BCUT2D eigenvalue weighted by atomic mass is 10.4. The van der Waals surface area contributed by atoms with Gasteiger partial charge in [0.05, 0.1) is 12.7 Å². The van der Waals surface area contributed by atoms with Crippen LogP contribution >= 0.6 is 0 Å². The topological polar surface area (TPSA) is 96.4 Å². The lowest BCUT2D eigenvalue weighted by Gasteiger charge is -2.23. The molecule has 0 aliphatic carbocycles. The van der Waals surface area contributed by atoms with Crippen LogP contribution in [0.4, 0.5) is 10.6 Å². The van der Waals surface area contributed by atoms with Crippen molar-refractivity contribution in [2.24, 2.45) is 5.73 Å². The molecule has 2 amide bonds. The fraction of sp³-hybridized carbons (Fsp3) is 0.333. The summed E-state index contributed by atoms with van der Waals surface area (Å²) in [6, 6.07) is 1.38. The fourth-order valence-corrected chi connectivity index (χ4v) is 1.52. The van der Waals surface area contributed by atoms with Crippen LogP contribution in [0.1, 0.15) is 0 Å². The van der Waals surface area contributed by atoms with Gasteiger partial charge in [-0.15, -0.1) is 6.58 Å². The first-order chi connectivity index (χ1) is 7.72. The highest BCUT2D eigenvalue weighted by molar-refractivity contribution is 5.93. The molecule has 4 N–H and O–H groups in total. The predicted octanol–water partition coefficient (Wildman–Crippen LogP) is -0.409. The van der Waals surface area contributed by atoms with Gasteiger partial charge in [-0.1, -0.05) is 11.2 Å². The van der Waals surface area contributed by atoms with E-state index in [9.17, 15) is 4.79 Å². The Hall–Kier alpha value is -1.86. The Balaban J connectivity index is 2.13. The molecular formula is C9H13N5O2. The number of amides is 2. The molecule has 16 heavy (non-hydrogen) atoms. The summed E-state index contributed by atoms with van der Waals surface area (Å²) in [7, 11) is 0. The van der Waals surface area contributed by atoms with Crippen LogP contribution in [-0.4, -0.2) is 30.1 Å². The third kappa shape index (κ3) is 1.90. The lowest BCUT2D eigenvalue weighted by molar-refractivity contribution is 0.251. The van der Waals surface area contributed by atoms with Crippen molar-refractivity contribution < 1.29 is 9.32 Å². The molecule has 2 unspecified atom stereocenters. The van der Waals surface area contributed by atoms with E-state index in [-0.39, 0.29) is 18.4 Å². The molecule has 0 saturated carbocycles. The van der Waals surface area contributed by atoms with Gasteiger partial charge in [0, 0.05) is 6.07 Å². The summed E-state index contributed by atoms with van der Waals surface area (Å²) in [5.74, 6) is 0.448. The van der Waals surface area contributed by atoms with E-state index in [0.29, 0.717) is 12.4 Å². The monoisotopic (exact) mass is 223 g/mol. The Morgan fingerprint density at radius 3 is 3.31 bits per heavy atom. The van der Waals surface area contributed by atoms with Crippen molar-refractivity contribution in [1.29, 1.82) is 0 Å². The minimum absolute atomic E-state index is 0.234. The van der Waals surface area contributed by atoms with E-state index in [1.165, 1.54) is 11.2 Å². The lowest BCUT2D eigenvalue weighted by Crippen LogP contribution is -2.51. The molecule has 0 radical (unpaired) electrons. The summed E-state index contributed by atoms with van der Waals surface area (Å²) in [6.45, 7) is 4.02. The maximum absolute atomic E-state index is 11.6. The van der Waals surface area contributed by atoms with Crippen molar-refractivity contribution in [1.82, 2.24) is 15.8 Å². The molecule has 1 fully saturated rings. The molecule has 7 nitrogen and oxygen atoms in total. The first-order valence-corrected chi connectivity index (χ1v) is 4.84. The van der Waals surface area contributed by atoms with Crippen LogP contribution in [0, 0.1) is 0 Å². The van der Waals surface area contributed by atoms with Crippen LogP contribution in [0.2, 0.25) is 0 Å². The smallest absolute Gasteiger partial charge is 0.324 e. The second-order valence-electron chi connectivity index (χ2n) is 3.36. The van der Waals surface area contributed by atoms with Gasteiger partial charge in [0.15, 0.2) is 5.82 Å². The van der Waals surface area contributed by atoms with Crippen molar-refractivity contribution in [3.63, 3.8) is 0 Å². The molecule has 2 rings (SSSR count). The number of hydrogen-bond donors (Lipinski definition) is 3. The van der Waals surface area contributed by atoms with Gasteiger partial charge in [-0.25, -0.2) is 4.79 Å². The Morgan fingerprint density at radius 2 is 2.69 bits per heavy atom. The summed E-state index contributed by atoms with van der Waals surface area (Å²) in [5, 5.41) is 9.42. The second-order valence-corrected chi connectivity index (χ2v) is 3.36. The Morgan fingerprint density at radius 1 is 1.88 bits per heavy atom. The van der Waals surface area contributed by atoms with Gasteiger partial charge >= 0.3 is 6.03 Å². The molecule has 0 aromatic carbocycles. The van der Waals surface area contributed by atoms with Crippen LogP contribution in [0.5, 0.6) is 0 Å². The number of hydrogen-bond acceptors (Lipinski definition) is 5. The number of rotatable bonds is 4. The zero-order valence-corrected chi connectivity index (χ0v) is 8.59. The van der Waals surface area contributed by atoms with Gasteiger partial charge < -0.3 is 15.6 Å². The minimum atomic E-state index is -0.382. The molecule has 0 bridgehead atoms. The van der Waals surface area contributed by atoms with Gasteiger partial charge in [-0.2, -0.15) is 0 Å². The number of nitrogens with one attached hydrogen (secondary N) is 2. The summed E-state index contributed by atoms with van der Waals surface area (Å²) in [6.07, 6.45) is 2.33. The standard InChI is InChI=1S/C9H13N5O2/c1-2-6(10)12-8-5-11-9(15)14(8)7-3-4-16-13-7/h2-4,6,8,12H,1,5,10H2,(H,11,15). The van der Waals surface area contributed by atoms with Crippen molar-refractivity contribution in [3.8, 4) is 0 Å². The zero-order valence-electron chi connectivity index (χ0n) is 8.59. The molecule has 2 heterocycles. The maximum Gasteiger partial charge on any atom is 0.324 e. The largest absolute Gasteiger partial charge is 0.363 e. The number of nitrogens with zero attached hydrogens (tertiary/aromatic N) is 2. The Kier molecular flexibility index (Phi) is 2.88. The highest BCUT2D eigenvalue weighted by atomic mass is 16.5. The zero-order chi connectivity index (χ0) is 11.5. The number of aromatic nitrogens is 1. The quantitative estimate of drug-likeness (QED) is 0.476. The van der Waals surface area contributed by atoms with Gasteiger partial charge in [0.1, 0.15) is 12.4 Å². The second kappa shape index (κ2) is 4.33. The average molecular weight is 223 g/mol. The van der Waals surface area contributed by atoms with Gasteiger partial charge in [0.25, 0.3) is 0 Å². The van der Waals surface area contributed by atoms with Crippen LogP contribution < -0.4 is 21.3 Å². The van der Waals surface area contributed by atoms with E-state index in [4.69, 9.17) is 10.3 Å².